The summed E-state index contributed by atoms with van der Waals surface area (Å²) in [5.41, 5.74) is 3.22. The molecule has 3 N–H and O–H groups in total. The Morgan fingerprint density at radius 3 is 2.91 bits per heavy atom. The fraction of sp³-hybridized carbons (Fsp3) is 0.500. The highest BCUT2D eigenvalue weighted by atomic mass is 79.9. The molecule has 4 rings (SSSR count). The molecule has 1 fully saturated rings. The van der Waals surface area contributed by atoms with Crippen molar-refractivity contribution in [3.8, 4) is 0 Å². The van der Waals surface area contributed by atoms with Gasteiger partial charge in [0.1, 0.15) is 5.82 Å². The minimum absolute atomic E-state index is 0. The van der Waals surface area contributed by atoms with Gasteiger partial charge in [-0.05, 0) is 80.9 Å². The van der Waals surface area contributed by atoms with Crippen molar-refractivity contribution in [2.24, 2.45) is 5.92 Å². The van der Waals surface area contributed by atoms with E-state index in [1.807, 2.05) is 24.3 Å². The van der Waals surface area contributed by atoms with Crippen LogP contribution in [-0.2, 0) is 22.4 Å². The number of likely N-dealkylation sites (tertiary alicyclic amines) is 1. The molecule has 190 valence electrons. The lowest BCUT2D eigenvalue weighted by Crippen LogP contribution is -2.44. The van der Waals surface area contributed by atoms with Crippen molar-refractivity contribution in [1.82, 2.24) is 15.2 Å². The molecule has 2 atom stereocenters. The second-order valence-electron chi connectivity index (χ2n) is 9.30. The first-order chi connectivity index (χ1) is 16.5. The zero-order chi connectivity index (χ0) is 23.9. The highest BCUT2D eigenvalue weighted by Gasteiger charge is 2.28. The van der Waals surface area contributed by atoms with Crippen LogP contribution in [0.25, 0.3) is 0 Å². The number of halogens is 2. The number of carbonyl (C=O) groups excluding carboxylic acids is 1. The normalized spacial score (nSPS) is 18.5. The van der Waals surface area contributed by atoms with Crippen molar-refractivity contribution in [3.63, 3.8) is 0 Å². The van der Waals surface area contributed by atoms with E-state index in [-0.39, 0.29) is 30.7 Å². The van der Waals surface area contributed by atoms with Gasteiger partial charge in [0.2, 0.25) is 5.91 Å². The summed E-state index contributed by atoms with van der Waals surface area (Å²) >= 11 is 3.43. The number of anilines is 1. The number of piperidine rings is 1. The van der Waals surface area contributed by atoms with Crippen LogP contribution in [0.1, 0.15) is 55.0 Å². The molecular formula is C26H34BrClN4O3. The highest BCUT2D eigenvalue weighted by molar-refractivity contribution is 9.10. The van der Waals surface area contributed by atoms with Crippen LogP contribution in [0.2, 0.25) is 0 Å². The van der Waals surface area contributed by atoms with Gasteiger partial charge in [-0.2, -0.15) is 0 Å². The number of hydrogen-bond donors (Lipinski definition) is 3. The third-order valence-corrected chi connectivity index (χ3v) is 7.17. The number of rotatable bonds is 9. The molecule has 0 radical (unpaired) electrons. The maximum Gasteiger partial charge on any atom is 0.305 e. The van der Waals surface area contributed by atoms with E-state index in [1.165, 1.54) is 5.56 Å². The molecule has 0 bridgehead atoms. The molecule has 2 aliphatic heterocycles. The lowest BCUT2D eigenvalue weighted by molar-refractivity contribution is -0.138. The molecule has 0 aliphatic carbocycles. The van der Waals surface area contributed by atoms with Crippen LogP contribution in [0.15, 0.2) is 40.9 Å². The van der Waals surface area contributed by atoms with Crippen LogP contribution in [0.3, 0.4) is 0 Å². The Hall–Kier alpha value is -2.16. The number of hydrogen-bond acceptors (Lipinski definition) is 5. The predicted molar refractivity (Wildman–Crippen MR) is 143 cm³/mol. The summed E-state index contributed by atoms with van der Waals surface area (Å²) in [5, 5.41) is 15.8. The van der Waals surface area contributed by atoms with Crippen molar-refractivity contribution < 1.29 is 14.7 Å². The van der Waals surface area contributed by atoms with Gasteiger partial charge in [-0.25, -0.2) is 4.98 Å². The summed E-state index contributed by atoms with van der Waals surface area (Å²) in [6, 6.07) is 11.3. The van der Waals surface area contributed by atoms with Gasteiger partial charge in [0, 0.05) is 23.3 Å². The number of fused-ring (bicyclic) bond motifs is 1. The summed E-state index contributed by atoms with van der Waals surface area (Å²) in [4.78, 5) is 31.6. The van der Waals surface area contributed by atoms with Crippen molar-refractivity contribution in [1.29, 1.82) is 0 Å². The topological polar surface area (TPSA) is 94.6 Å². The van der Waals surface area contributed by atoms with Gasteiger partial charge in [-0.15, -0.1) is 12.4 Å². The largest absolute Gasteiger partial charge is 0.481 e. The molecular weight excluding hydrogens is 532 g/mol. The number of benzene rings is 1. The number of carbonyl (C=O) groups is 2. The van der Waals surface area contributed by atoms with E-state index in [1.54, 1.807) is 0 Å². The van der Waals surface area contributed by atoms with Gasteiger partial charge in [-0.1, -0.05) is 34.1 Å². The molecule has 35 heavy (non-hydrogen) atoms. The van der Waals surface area contributed by atoms with Crippen LogP contribution < -0.4 is 10.6 Å². The molecule has 1 saturated heterocycles. The van der Waals surface area contributed by atoms with E-state index < -0.39 is 12.0 Å². The van der Waals surface area contributed by atoms with Crippen LogP contribution in [0.5, 0.6) is 0 Å². The summed E-state index contributed by atoms with van der Waals surface area (Å²) in [5.74, 6) is -0.0667. The Morgan fingerprint density at radius 1 is 1.26 bits per heavy atom. The molecule has 7 nitrogen and oxygen atoms in total. The fourth-order valence-electron chi connectivity index (χ4n) is 4.90. The lowest BCUT2D eigenvalue weighted by Gasteiger charge is -2.33. The number of aryl methyl sites for hydroxylation is 2. The van der Waals surface area contributed by atoms with Crippen LogP contribution in [0, 0.1) is 5.92 Å². The van der Waals surface area contributed by atoms with Crippen LogP contribution in [-0.4, -0.2) is 53.0 Å². The Kier molecular flexibility index (Phi) is 10.4. The molecule has 1 aromatic heterocycles. The first-order valence-corrected chi connectivity index (χ1v) is 13.0. The molecule has 0 saturated carbocycles. The van der Waals surface area contributed by atoms with Crippen molar-refractivity contribution in [3.05, 3.63) is 57.7 Å². The number of aliphatic carboxylic acids is 1. The van der Waals surface area contributed by atoms with Gasteiger partial charge in [0.05, 0.1) is 18.4 Å². The minimum Gasteiger partial charge on any atom is -0.481 e. The standard InChI is InChI=1S/C26H33BrN4O3.ClH/c27-21-8-1-5-19(15-21)23(16-24(32)33)30-26(34)20-7-3-13-31(17-20)14-4-9-22-11-10-18-6-2-12-28-25(18)29-22;/h1,5,8,10-11,15,20,23H,2-4,6-7,9,12-14,16-17H2,(H,28,29)(H,30,34)(H,32,33);1H. The smallest absolute Gasteiger partial charge is 0.305 e. The van der Waals surface area contributed by atoms with E-state index in [2.05, 4.69) is 43.6 Å². The summed E-state index contributed by atoms with van der Waals surface area (Å²) in [6.07, 6.45) is 5.85. The van der Waals surface area contributed by atoms with Crippen LogP contribution in [0.4, 0.5) is 5.82 Å². The predicted octanol–water partition coefficient (Wildman–Crippen LogP) is 4.60. The van der Waals surface area contributed by atoms with Crippen molar-refractivity contribution in [2.45, 2.75) is 51.0 Å². The van der Waals surface area contributed by atoms with E-state index in [9.17, 15) is 14.7 Å². The first kappa shape index (κ1) is 27.4. The summed E-state index contributed by atoms with van der Waals surface area (Å²) in [6.45, 7) is 3.63. The number of nitrogens with one attached hydrogen (secondary N) is 2. The maximum absolute atomic E-state index is 13.1. The monoisotopic (exact) mass is 564 g/mol. The average Bonchev–Trinajstić information content (AvgIpc) is 2.83. The SMILES string of the molecule is Cl.O=C(O)CC(NC(=O)C1CCCN(CCCc2ccc3c(n2)NCCC3)C1)c1cccc(Br)c1. The van der Waals surface area contributed by atoms with Gasteiger partial charge >= 0.3 is 5.97 Å². The first-order valence-electron chi connectivity index (χ1n) is 12.2. The minimum atomic E-state index is -0.929. The number of carboxylic acid groups (broad SMARTS) is 1. The Bertz CT molecular complexity index is 1020. The van der Waals surface area contributed by atoms with E-state index in [0.717, 1.165) is 79.7 Å². The summed E-state index contributed by atoms with van der Waals surface area (Å²) < 4.78 is 0.864. The molecule has 9 heteroatoms. The van der Waals surface area contributed by atoms with Gasteiger partial charge in [0.15, 0.2) is 0 Å². The van der Waals surface area contributed by atoms with E-state index in [0.29, 0.717) is 6.54 Å². The Balaban J connectivity index is 0.00000342. The van der Waals surface area contributed by atoms with Crippen LogP contribution >= 0.6 is 28.3 Å². The van der Waals surface area contributed by atoms with E-state index >= 15 is 0 Å². The Labute approximate surface area is 221 Å². The number of nitrogens with zero attached hydrogens (tertiary/aromatic N) is 2. The van der Waals surface area contributed by atoms with E-state index in [4.69, 9.17) is 4.98 Å². The second kappa shape index (κ2) is 13.2. The lowest BCUT2D eigenvalue weighted by atomic mass is 9.95. The number of aromatic nitrogens is 1. The molecule has 2 aromatic rings. The zero-order valence-electron chi connectivity index (χ0n) is 19.8. The summed E-state index contributed by atoms with van der Waals surface area (Å²) in [7, 11) is 0. The number of amides is 1. The number of carboxylic acids is 1. The molecule has 2 unspecified atom stereocenters. The Morgan fingerprint density at radius 2 is 2.11 bits per heavy atom. The molecule has 3 heterocycles. The average molecular weight is 566 g/mol. The molecule has 1 amide bonds. The highest BCUT2D eigenvalue weighted by Crippen LogP contribution is 2.24. The number of pyridine rings is 1. The van der Waals surface area contributed by atoms with Gasteiger partial charge in [-0.3, -0.25) is 9.59 Å². The molecule has 0 spiro atoms. The maximum atomic E-state index is 13.1. The quantitative estimate of drug-likeness (QED) is 0.411. The fourth-order valence-corrected chi connectivity index (χ4v) is 5.32. The third kappa shape index (κ3) is 7.92. The zero-order valence-corrected chi connectivity index (χ0v) is 22.2. The molecule has 1 aromatic carbocycles. The second-order valence-corrected chi connectivity index (χ2v) is 10.2. The van der Waals surface area contributed by atoms with Gasteiger partial charge in [0.25, 0.3) is 0 Å². The van der Waals surface area contributed by atoms with Gasteiger partial charge < -0.3 is 20.6 Å². The molecule has 2 aliphatic rings. The van der Waals surface area contributed by atoms with Crippen molar-refractivity contribution >= 4 is 46.0 Å². The van der Waals surface area contributed by atoms with Crippen molar-refractivity contribution in [2.75, 3.05) is 31.5 Å². The third-order valence-electron chi connectivity index (χ3n) is 6.68.